The molecular formula is C28H44O. The van der Waals surface area contributed by atoms with Crippen molar-refractivity contribution in [3.05, 3.63) is 24.3 Å². The van der Waals surface area contributed by atoms with Crippen LogP contribution in [-0.2, 0) is 4.79 Å². The van der Waals surface area contributed by atoms with Gasteiger partial charge in [0.2, 0.25) is 0 Å². The van der Waals surface area contributed by atoms with E-state index in [9.17, 15) is 4.79 Å². The first kappa shape index (κ1) is 21.4. The molecule has 1 nitrogen and oxygen atoms in total. The van der Waals surface area contributed by atoms with Gasteiger partial charge >= 0.3 is 0 Å². The van der Waals surface area contributed by atoms with E-state index in [4.69, 9.17) is 0 Å². The van der Waals surface area contributed by atoms with E-state index >= 15 is 0 Å². The van der Waals surface area contributed by atoms with Gasteiger partial charge in [0.05, 0.1) is 0 Å². The first-order valence-electron chi connectivity index (χ1n) is 12.5. The highest BCUT2D eigenvalue weighted by atomic mass is 16.1. The molecule has 5 unspecified atom stereocenters. The van der Waals surface area contributed by atoms with Crippen LogP contribution in [0, 0.1) is 58.2 Å². The third-order valence-electron chi connectivity index (χ3n) is 10.5. The SMILES string of the molecule is CC(C)[C@@H](C)/C=C/[C@@H](C)C1CCC2C3C=CC4CC(=O)CC[C@]4(C)C3CC[C@@]21C. The van der Waals surface area contributed by atoms with Gasteiger partial charge in [-0.3, -0.25) is 4.79 Å². The molecule has 1 heteroatoms. The van der Waals surface area contributed by atoms with Crippen molar-refractivity contribution in [1.82, 2.24) is 0 Å². The Hall–Kier alpha value is -0.850. The van der Waals surface area contributed by atoms with E-state index in [0.717, 1.165) is 48.9 Å². The summed E-state index contributed by atoms with van der Waals surface area (Å²) in [4.78, 5) is 12.1. The molecule has 0 bridgehead atoms. The number of hydrogen-bond acceptors (Lipinski definition) is 1. The zero-order valence-corrected chi connectivity index (χ0v) is 19.8. The van der Waals surface area contributed by atoms with Gasteiger partial charge < -0.3 is 0 Å². The molecule has 0 amide bonds. The molecule has 4 rings (SSSR count). The van der Waals surface area contributed by atoms with Gasteiger partial charge in [-0.05, 0) is 90.3 Å². The lowest BCUT2D eigenvalue weighted by molar-refractivity contribution is -0.128. The number of allylic oxidation sites excluding steroid dienone is 4. The summed E-state index contributed by atoms with van der Waals surface area (Å²) in [5.74, 6) is 6.31. The molecule has 0 radical (unpaired) electrons. The van der Waals surface area contributed by atoms with Gasteiger partial charge in [-0.15, -0.1) is 0 Å². The number of fused-ring (bicyclic) bond motifs is 5. The Morgan fingerprint density at radius 1 is 0.931 bits per heavy atom. The second-order valence-electron chi connectivity index (χ2n) is 12.1. The van der Waals surface area contributed by atoms with E-state index in [2.05, 4.69) is 65.8 Å². The summed E-state index contributed by atoms with van der Waals surface area (Å²) < 4.78 is 0. The Bertz CT molecular complexity index is 686. The number of carbonyl (C=O) groups is 1. The monoisotopic (exact) mass is 396 g/mol. The molecule has 0 heterocycles. The molecule has 162 valence electrons. The summed E-state index contributed by atoms with van der Waals surface area (Å²) in [7, 11) is 0. The van der Waals surface area contributed by atoms with Gasteiger partial charge in [-0.2, -0.15) is 0 Å². The minimum Gasteiger partial charge on any atom is -0.300 e. The standard InChI is InChI=1S/C28H44O/c1-18(2)19(3)7-8-20(4)24-11-12-25-23-10-9-21-17-22(29)13-15-27(21,5)26(23)14-16-28(24,25)6/h7-10,18-21,23-26H,11-17H2,1-6H3/b8-7+/t19-,20+,21?,23?,24?,25?,26?,27-,28+/m0/s1. The largest absolute Gasteiger partial charge is 0.300 e. The van der Waals surface area contributed by atoms with Crippen LogP contribution < -0.4 is 0 Å². The van der Waals surface area contributed by atoms with Crippen molar-refractivity contribution in [2.75, 3.05) is 0 Å². The molecule has 3 fully saturated rings. The Morgan fingerprint density at radius 3 is 2.38 bits per heavy atom. The van der Waals surface area contributed by atoms with Gasteiger partial charge in [0.1, 0.15) is 5.78 Å². The Morgan fingerprint density at radius 2 is 1.66 bits per heavy atom. The van der Waals surface area contributed by atoms with Crippen molar-refractivity contribution < 1.29 is 4.79 Å². The molecule has 3 saturated carbocycles. The first-order valence-corrected chi connectivity index (χ1v) is 12.5. The number of ketones is 1. The van der Waals surface area contributed by atoms with Crippen molar-refractivity contribution >= 4 is 5.78 Å². The van der Waals surface area contributed by atoms with Crippen LogP contribution in [-0.4, -0.2) is 5.78 Å². The van der Waals surface area contributed by atoms with Gasteiger partial charge in [-0.25, -0.2) is 0 Å². The van der Waals surface area contributed by atoms with Crippen LogP contribution >= 0.6 is 0 Å². The summed E-state index contributed by atoms with van der Waals surface area (Å²) in [5.41, 5.74) is 0.856. The molecule has 0 aromatic carbocycles. The predicted molar refractivity (Wildman–Crippen MR) is 122 cm³/mol. The maximum atomic E-state index is 12.1. The number of rotatable bonds is 4. The van der Waals surface area contributed by atoms with Crippen LogP contribution in [0.2, 0.25) is 0 Å². The lowest BCUT2D eigenvalue weighted by atomic mass is 9.46. The fourth-order valence-corrected chi connectivity index (χ4v) is 8.03. The average Bonchev–Trinajstić information content (AvgIpc) is 3.03. The van der Waals surface area contributed by atoms with Crippen LogP contribution in [0.3, 0.4) is 0 Å². The van der Waals surface area contributed by atoms with E-state index in [1.165, 1.54) is 25.7 Å². The molecule has 0 aromatic rings. The van der Waals surface area contributed by atoms with Crippen molar-refractivity contribution in [3.63, 3.8) is 0 Å². The number of carbonyl (C=O) groups excluding carboxylic acids is 1. The zero-order chi connectivity index (χ0) is 21.0. The summed E-state index contributed by atoms with van der Waals surface area (Å²) in [6, 6.07) is 0. The summed E-state index contributed by atoms with van der Waals surface area (Å²) in [5, 5.41) is 0. The third kappa shape index (κ3) is 3.49. The van der Waals surface area contributed by atoms with Crippen LogP contribution in [0.5, 0.6) is 0 Å². The first-order chi connectivity index (χ1) is 13.7. The highest BCUT2D eigenvalue weighted by molar-refractivity contribution is 5.80. The highest BCUT2D eigenvalue weighted by Crippen LogP contribution is 2.66. The normalized spacial score (nSPS) is 46.4. The fourth-order valence-electron chi connectivity index (χ4n) is 8.03. The van der Waals surface area contributed by atoms with E-state index in [1.54, 1.807) is 0 Å². The van der Waals surface area contributed by atoms with E-state index in [1.807, 2.05) is 0 Å². The van der Waals surface area contributed by atoms with E-state index in [0.29, 0.717) is 34.4 Å². The smallest absolute Gasteiger partial charge is 0.133 e. The lowest BCUT2D eigenvalue weighted by Crippen LogP contribution is -2.52. The van der Waals surface area contributed by atoms with E-state index in [-0.39, 0.29) is 0 Å². The average molecular weight is 397 g/mol. The summed E-state index contributed by atoms with van der Waals surface area (Å²) in [6.07, 6.45) is 18.4. The van der Waals surface area contributed by atoms with Crippen LogP contribution in [0.1, 0.15) is 86.5 Å². The molecule has 9 atom stereocenters. The minimum atomic E-state index is 0.366. The van der Waals surface area contributed by atoms with Crippen molar-refractivity contribution in [2.24, 2.45) is 58.2 Å². The maximum absolute atomic E-state index is 12.1. The highest BCUT2D eigenvalue weighted by Gasteiger charge is 2.59. The van der Waals surface area contributed by atoms with Crippen molar-refractivity contribution in [1.29, 1.82) is 0 Å². The molecular weight excluding hydrogens is 352 g/mol. The topological polar surface area (TPSA) is 17.1 Å². The second-order valence-corrected chi connectivity index (χ2v) is 12.1. The fraction of sp³-hybridized carbons (Fsp3) is 0.821. The van der Waals surface area contributed by atoms with Crippen LogP contribution in [0.15, 0.2) is 24.3 Å². The van der Waals surface area contributed by atoms with Gasteiger partial charge in [0, 0.05) is 12.8 Å². The van der Waals surface area contributed by atoms with E-state index < -0.39 is 0 Å². The predicted octanol–water partition coefficient (Wildman–Crippen LogP) is 7.47. The van der Waals surface area contributed by atoms with Crippen molar-refractivity contribution in [3.8, 4) is 0 Å². The molecule has 0 saturated heterocycles. The Labute approximate surface area is 179 Å². The quantitative estimate of drug-likeness (QED) is 0.450. The van der Waals surface area contributed by atoms with Gasteiger partial charge in [0.25, 0.3) is 0 Å². The maximum Gasteiger partial charge on any atom is 0.133 e. The number of Topliss-reactive ketones (excluding diaryl/α,β-unsaturated/α-hetero) is 1. The minimum absolute atomic E-state index is 0.366. The second kappa shape index (κ2) is 7.69. The molecule has 0 aromatic heterocycles. The third-order valence-corrected chi connectivity index (χ3v) is 10.5. The Balaban J connectivity index is 1.54. The summed E-state index contributed by atoms with van der Waals surface area (Å²) in [6.45, 7) is 14.7. The van der Waals surface area contributed by atoms with Gasteiger partial charge in [0.15, 0.2) is 0 Å². The van der Waals surface area contributed by atoms with Crippen LogP contribution in [0.4, 0.5) is 0 Å². The zero-order valence-electron chi connectivity index (χ0n) is 19.8. The van der Waals surface area contributed by atoms with Crippen LogP contribution in [0.25, 0.3) is 0 Å². The molecule has 4 aliphatic carbocycles. The van der Waals surface area contributed by atoms with Crippen molar-refractivity contribution in [2.45, 2.75) is 86.5 Å². The number of hydrogen-bond donors (Lipinski definition) is 0. The lowest BCUT2D eigenvalue weighted by Gasteiger charge is -2.58. The molecule has 29 heavy (non-hydrogen) atoms. The molecule has 0 aliphatic heterocycles. The van der Waals surface area contributed by atoms with Gasteiger partial charge in [-0.1, -0.05) is 65.8 Å². The molecule has 4 aliphatic rings. The molecule has 0 N–H and O–H groups in total. The molecule has 0 spiro atoms. The summed E-state index contributed by atoms with van der Waals surface area (Å²) >= 11 is 0. The Kier molecular flexibility index (Phi) is 5.67.